The molecule has 0 spiro atoms. The minimum Gasteiger partial charge on any atom is -0.439 e. The maximum absolute atomic E-state index is 6.12. The molecule has 0 N–H and O–H groups in total. The van der Waals surface area contributed by atoms with Crippen molar-refractivity contribution in [3.8, 4) is 11.6 Å². The first kappa shape index (κ1) is 16.8. The van der Waals surface area contributed by atoms with Crippen molar-refractivity contribution in [2.75, 3.05) is 6.54 Å². The van der Waals surface area contributed by atoms with Crippen molar-refractivity contribution in [2.24, 2.45) is 0 Å². The second-order valence-electron chi connectivity index (χ2n) is 6.78. The topological polar surface area (TPSA) is 25.4 Å². The van der Waals surface area contributed by atoms with E-state index >= 15 is 0 Å². The average Bonchev–Trinajstić information content (AvgIpc) is 2.71. The van der Waals surface area contributed by atoms with Crippen LogP contribution in [0.2, 0.25) is 0 Å². The van der Waals surface area contributed by atoms with Gasteiger partial charge < -0.3 is 4.74 Å². The van der Waals surface area contributed by atoms with Gasteiger partial charge in [-0.05, 0) is 43.1 Å². The zero-order valence-corrected chi connectivity index (χ0v) is 14.9. The Hall–Kier alpha value is -2.65. The number of nitrogens with zero attached hydrogens (tertiary/aromatic N) is 2. The molecule has 0 bridgehead atoms. The molecule has 3 nitrogen and oxygen atoms in total. The molecule has 0 radical (unpaired) electrons. The number of benzene rings is 2. The van der Waals surface area contributed by atoms with Crippen molar-refractivity contribution in [1.82, 2.24) is 9.88 Å². The quantitative estimate of drug-likeness (QED) is 0.602. The van der Waals surface area contributed by atoms with E-state index in [9.17, 15) is 0 Å². The molecular weight excluding hydrogens is 320 g/mol. The van der Waals surface area contributed by atoms with Gasteiger partial charge in [0.05, 0.1) is 0 Å². The molecule has 1 aliphatic rings. The lowest BCUT2D eigenvalue weighted by atomic mass is 9.95. The third-order valence-corrected chi connectivity index (χ3v) is 4.96. The molecule has 1 saturated heterocycles. The molecule has 1 fully saturated rings. The fourth-order valence-corrected chi connectivity index (χ4v) is 3.69. The lowest BCUT2D eigenvalue weighted by Gasteiger charge is -2.36. The van der Waals surface area contributed by atoms with Crippen LogP contribution in [0, 0.1) is 0 Å². The largest absolute Gasteiger partial charge is 0.439 e. The van der Waals surface area contributed by atoms with Crippen LogP contribution in [0.4, 0.5) is 0 Å². The molecule has 0 saturated carbocycles. The zero-order chi connectivity index (χ0) is 17.6. The van der Waals surface area contributed by atoms with Crippen LogP contribution in [0.25, 0.3) is 0 Å². The highest BCUT2D eigenvalue weighted by molar-refractivity contribution is 5.34. The van der Waals surface area contributed by atoms with E-state index in [1.807, 2.05) is 42.6 Å². The zero-order valence-electron chi connectivity index (χ0n) is 14.9. The van der Waals surface area contributed by atoms with Gasteiger partial charge >= 0.3 is 0 Å². The van der Waals surface area contributed by atoms with Crippen LogP contribution in [0.1, 0.15) is 36.4 Å². The van der Waals surface area contributed by atoms with E-state index in [0.29, 0.717) is 6.04 Å². The molecule has 1 aliphatic heterocycles. The molecule has 0 amide bonds. The lowest BCUT2D eigenvalue weighted by Crippen LogP contribution is -2.33. The highest BCUT2D eigenvalue weighted by Gasteiger charge is 2.27. The number of pyridine rings is 1. The second-order valence-corrected chi connectivity index (χ2v) is 6.78. The molecule has 2 heterocycles. The van der Waals surface area contributed by atoms with Gasteiger partial charge in [-0.2, -0.15) is 0 Å². The van der Waals surface area contributed by atoms with Crippen molar-refractivity contribution < 1.29 is 4.74 Å². The molecule has 0 aliphatic carbocycles. The summed E-state index contributed by atoms with van der Waals surface area (Å²) in [6.45, 7) is 2.07. The third kappa shape index (κ3) is 3.94. The van der Waals surface area contributed by atoms with Gasteiger partial charge in [-0.15, -0.1) is 0 Å². The maximum Gasteiger partial charge on any atom is 0.223 e. The van der Waals surface area contributed by atoms with Crippen LogP contribution >= 0.6 is 0 Å². The van der Waals surface area contributed by atoms with Gasteiger partial charge in [0, 0.05) is 24.3 Å². The molecule has 3 aromatic rings. The predicted octanol–water partition coefficient (Wildman–Crippen LogP) is 5.60. The van der Waals surface area contributed by atoms with Crippen LogP contribution in [-0.2, 0) is 6.54 Å². The Morgan fingerprint density at radius 2 is 1.65 bits per heavy atom. The van der Waals surface area contributed by atoms with E-state index in [-0.39, 0.29) is 0 Å². The number of piperidine rings is 1. The average molecular weight is 344 g/mol. The van der Waals surface area contributed by atoms with Crippen molar-refractivity contribution in [3.63, 3.8) is 0 Å². The molecule has 2 aromatic carbocycles. The lowest BCUT2D eigenvalue weighted by molar-refractivity contribution is 0.138. The summed E-state index contributed by atoms with van der Waals surface area (Å²) in [4.78, 5) is 7.10. The Morgan fingerprint density at radius 3 is 2.46 bits per heavy atom. The molecule has 1 atom stereocenters. The summed E-state index contributed by atoms with van der Waals surface area (Å²) in [6, 6.07) is 25.2. The van der Waals surface area contributed by atoms with Crippen LogP contribution in [0.5, 0.6) is 11.6 Å². The molecule has 26 heavy (non-hydrogen) atoms. The highest BCUT2D eigenvalue weighted by Crippen LogP contribution is 2.37. The van der Waals surface area contributed by atoms with Crippen molar-refractivity contribution in [1.29, 1.82) is 0 Å². The molecule has 0 unspecified atom stereocenters. The smallest absolute Gasteiger partial charge is 0.223 e. The van der Waals surface area contributed by atoms with Gasteiger partial charge in [0.25, 0.3) is 0 Å². The second kappa shape index (κ2) is 8.15. The Kier molecular flexibility index (Phi) is 5.27. The standard InChI is InChI=1S/C23H24N2O/c1-3-10-19(11-4-1)18-25-17-8-7-15-22(25)21-14-9-16-24-23(21)26-20-12-5-2-6-13-20/h1-6,9-14,16,22H,7-8,15,17-18H2/t22-/m1/s1. The van der Waals surface area contributed by atoms with E-state index in [4.69, 9.17) is 4.74 Å². The Labute approximate surface area is 155 Å². The number of para-hydroxylation sites is 1. The first-order valence-electron chi connectivity index (χ1n) is 9.36. The van der Waals surface area contributed by atoms with E-state index in [0.717, 1.165) is 31.1 Å². The molecule has 3 heteroatoms. The van der Waals surface area contributed by atoms with Gasteiger partial charge in [-0.1, -0.05) is 61.0 Å². The van der Waals surface area contributed by atoms with Crippen LogP contribution in [0.3, 0.4) is 0 Å². The van der Waals surface area contributed by atoms with Crippen molar-refractivity contribution in [3.05, 3.63) is 90.1 Å². The summed E-state index contributed by atoms with van der Waals surface area (Å²) in [5.41, 5.74) is 2.54. The van der Waals surface area contributed by atoms with E-state index in [1.165, 1.54) is 24.0 Å². The minimum atomic E-state index is 0.344. The van der Waals surface area contributed by atoms with Crippen LogP contribution < -0.4 is 4.74 Å². The number of ether oxygens (including phenoxy) is 1. The Morgan fingerprint density at radius 1 is 0.885 bits per heavy atom. The van der Waals surface area contributed by atoms with Crippen LogP contribution in [-0.4, -0.2) is 16.4 Å². The summed E-state index contributed by atoms with van der Waals surface area (Å²) >= 11 is 0. The Bertz CT molecular complexity index is 820. The monoisotopic (exact) mass is 344 g/mol. The van der Waals surface area contributed by atoms with E-state index in [1.54, 1.807) is 0 Å². The summed E-state index contributed by atoms with van der Waals surface area (Å²) in [6.07, 6.45) is 5.45. The van der Waals surface area contributed by atoms with Crippen LogP contribution in [0.15, 0.2) is 79.0 Å². The predicted molar refractivity (Wildman–Crippen MR) is 104 cm³/mol. The fourth-order valence-electron chi connectivity index (χ4n) is 3.69. The fraction of sp³-hybridized carbons (Fsp3) is 0.261. The molecule has 1 aromatic heterocycles. The van der Waals surface area contributed by atoms with Gasteiger partial charge in [0.1, 0.15) is 5.75 Å². The van der Waals surface area contributed by atoms with Gasteiger partial charge in [0.2, 0.25) is 5.88 Å². The minimum absolute atomic E-state index is 0.344. The van der Waals surface area contributed by atoms with E-state index in [2.05, 4.69) is 46.3 Å². The molecular formula is C23H24N2O. The summed E-state index contributed by atoms with van der Waals surface area (Å²) < 4.78 is 6.12. The normalized spacial score (nSPS) is 17.8. The van der Waals surface area contributed by atoms with Gasteiger partial charge in [0.15, 0.2) is 0 Å². The first-order chi connectivity index (χ1) is 12.9. The summed E-state index contributed by atoms with van der Waals surface area (Å²) in [7, 11) is 0. The van der Waals surface area contributed by atoms with Gasteiger partial charge in [-0.3, -0.25) is 4.90 Å². The first-order valence-corrected chi connectivity index (χ1v) is 9.36. The number of hydrogen-bond acceptors (Lipinski definition) is 3. The van der Waals surface area contributed by atoms with E-state index < -0.39 is 0 Å². The summed E-state index contributed by atoms with van der Waals surface area (Å²) in [5, 5.41) is 0. The highest BCUT2D eigenvalue weighted by atomic mass is 16.5. The number of likely N-dealkylation sites (tertiary alicyclic amines) is 1. The van der Waals surface area contributed by atoms with Crippen molar-refractivity contribution >= 4 is 0 Å². The number of rotatable bonds is 5. The Balaban J connectivity index is 1.60. The summed E-state index contributed by atoms with van der Waals surface area (Å²) in [5.74, 6) is 1.56. The third-order valence-electron chi connectivity index (χ3n) is 4.96. The molecule has 132 valence electrons. The maximum atomic E-state index is 6.12. The SMILES string of the molecule is c1ccc(CN2CCCC[C@@H]2c2cccnc2Oc2ccccc2)cc1. The van der Waals surface area contributed by atoms with Crippen molar-refractivity contribution in [2.45, 2.75) is 31.8 Å². The number of aromatic nitrogens is 1. The van der Waals surface area contributed by atoms with Gasteiger partial charge in [-0.25, -0.2) is 4.98 Å². The molecule has 4 rings (SSSR count). The number of hydrogen-bond donors (Lipinski definition) is 0.